The van der Waals surface area contributed by atoms with E-state index in [-0.39, 0.29) is 12.2 Å². The normalized spacial score (nSPS) is 26.9. The molecule has 0 spiro atoms. The van der Waals surface area contributed by atoms with E-state index in [0.717, 1.165) is 27.6 Å². The van der Waals surface area contributed by atoms with Crippen LogP contribution in [0.4, 0.5) is 4.39 Å². The van der Waals surface area contributed by atoms with Crippen molar-refractivity contribution in [1.82, 2.24) is 4.98 Å². The average Bonchev–Trinajstić information content (AvgIpc) is 3.46. The van der Waals surface area contributed by atoms with Gasteiger partial charge < -0.3 is 10.1 Å². The zero-order valence-corrected chi connectivity index (χ0v) is 19.0. The lowest BCUT2D eigenvalue weighted by molar-refractivity contribution is -0.142. The summed E-state index contributed by atoms with van der Waals surface area (Å²) < 4.78 is 13.5. The molecular weight excluding hydrogens is 451 g/mol. The summed E-state index contributed by atoms with van der Waals surface area (Å²) in [5, 5.41) is 14.5. The van der Waals surface area contributed by atoms with E-state index in [1.165, 1.54) is 29.5 Å². The Labute approximate surface area is 192 Å². The molecule has 2 unspecified atom stereocenters. The van der Waals surface area contributed by atoms with Crippen LogP contribution in [0.5, 0.6) is 0 Å². The molecule has 1 aromatic carbocycles. The number of fused-ring (bicyclic) bond motifs is 2. The van der Waals surface area contributed by atoms with Crippen LogP contribution in [-0.2, 0) is 11.2 Å². The third-order valence-electron chi connectivity index (χ3n) is 5.72. The van der Waals surface area contributed by atoms with Crippen molar-refractivity contribution < 1.29 is 14.3 Å². The standard InChI is InChI=1S/C23H21FN2O2S3/c24-16-6-5-14-7-17(25-19(14)8-16)9-23(22(27)28)13-31-21(26-23)12-29-10-15-11-30-20-4-2-1-3-18(15)20/h1-8,11,18,20,25H,9-10,12-13H2,(H,27,28)/t18?,20-,23?/m1/s1. The molecule has 31 heavy (non-hydrogen) atoms. The SMILES string of the molecule is O=C(O)C1(Cc2cc3ccc(F)cc3[nH]2)CSC(CSCC2=CS[C@@H]3C=CC=CC23)=N1. The Balaban J connectivity index is 1.25. The Kier molecular flexibility index (Phi) is 5.79. The van der Waals surface area contributed by atoms with Gasteiger partial charge in [0, 0.05) is 46.1 Å². The summed E-state index contributed by atoms with van der Waals surface area (Å²) in [5.74, 6) is 1.31. The number of hydrogen-bond donors (Lipinski definition) is 2. The van der Waals surface area contributed by atoms with Gasteiger partial charge in [-0.15, -0.1) is 23.5 Å². The van der Waals surface area contributed by atoms with Gasteiger partial charge in [0.25, 0.3) is 0 Å². The molecular formula is C23H21FN2O2S3. The Morgan fingerprint density at radius 2 is 2.16 bits per heavy atom. The first kappa shape index (κ1) is 21.0. The largest absolute Gasteiger partial charge is 0.479 e. The highest BCUT2D eigenvalue weighted by Crippen LogP contribution is 2.41. The highest BCUT2D eigenvalue weighted by Gasteiger charge is 2.43. The number of benzene rings is 1. The van der Waals surface area contributed by atoms with Crippen LogP contribution in [0.25, 0.3) is 10.9 Å². The zero-order chi connectivity index (χ0) is 21.4. The number of aromatic nitrogens is 1. The molecule has 0 amide bonds. The smallest absolute Gasteiger partial charge is 0.332 e. The van der Waals surface area contributed by atoms with Crippen molar-refractivity contribution in [2.45, 2.75) is 17.2 Å². The minimum absolute atomic E-state index is 0.266. The lowest BCUT2D eigenvalue weighted by Gasteiger charge is -2.19. The van der Waals surface area contributed by atoms with Gasteiger partial charge in [0.05, 0.1) is 5.04 Å². The Bertz CT molecular complexity index is 1150. The van der Waals surface area contributed by atoms with E-state index in [9.17, 15) is 14.3 Å². The fourth-order valence-corrected chi connectivity index (χ4v) is 7.77. The number of thioether (sulfide) groups is 3. The summed E-state index contributed by atoms with van der Waals surface area (Å²) in [6, 6.07) is 6.43. The molecule has 0 fully saturated rings. The van der Waals surface area contributed by atoms with Crippen molar-refractivity contribution in [3.63, 3.8) is 0 Å². The number of carboxylic acids is 1. The number of aromatic amines is 1. The minimum Gasteiger partial charge on any atom is -0.479 e. The number of carboxylic acid groups (broad SMARTS) is 1. The van der Waals surface area contributed by atoms with Crippen LogP contribution < -0.4 is 0 Å². The fraction of sp³-hybridized carbons (Fsp3) is 0.304. The molecule has 3 aliphatic rings. The van der Waals surface area contributed by atoms with E-state index < -0.39 is 11.5 Å². The van der Waals surface area contributed by atoms with Crippen molar-refractivity contribution in [2.75, 3.05) is 17.3 Å². The van der Waals surface area contributed by atoms with Crippen LogP contribution in [0.3, 0.4) is 0 Å². The monoisotopic (exact) mass is 472 g/mol. The number of carbonyl (C=O) groups is 1. The molecule has 0 radical (unpaired) electrons. The number of H-pyrrole nitrogens is 1. The van der Waals surface area contributed by atoms with E-state index in [4.69, 9.17) is 0 Å². The molecule has 2 aliphatic heterocycles. The first-order chi connectivity index (χ1) is 15.0. The number of halogens is 1. The summed E-state index contributed by atoms with van der Waals surface area (Å²) in [6.45, 7) is 0. The fourth-order valence-electron chi connectivity index (χ4n) is 4.11. The van der Waals surface area contributed by atoms with E-state index in [1.807, 2.05) is 17.8 Å². The molecule has 3 heterocycles. The van der Waals surface area contributed by atoms with Gasteiger partial charge in [0.2, 0.25) is 0 Å². The van der Waals surface area contributed by atoms with Crippen LogP contribution >= 0.6 is 35.3 Å². The molecule has 0 saturated carbocycles. The molecule has 1 aromatic heterocycles. The quantitative estimate of drug-likeness (QED) is 0.573. The third kappa shape index (κ3) is 4.25. The van der Waals surface area contributed by atoms with Crippen molar-refractivity contribution in [3.8, 4) is 0 Å². The summed E-state index contributed by atoms with van der Waals surface area (Å²) in [5.41, 5.74) is 1.69. The number of nitrogens with zero attached hydrogens (tertiary/aromatic N) is 1. The maximum atomic E-state index is 13.5. The summed E-state index contributed by atoms with van der Waals surface area (Å²) >= 11 is 5.20. The first-order valence-corrected chi connectivity index (χ1v) is 13.1. The first-order valence-electron chi connectivity index (χ1n) is 10.0. The number of allylic oxidation sites excluding steroid dienone is 3. The number of hydrogen-bond acceptors (Lipinski definition) is 5. The summed E-state index contributed by atoms with van der Waals surface area (Å²) in [7, 11) is 0. The van der Waals surface area contributed by atoms with E-state index in [0.29, 0.717) is 22.4 Å². The van der Waals surface area contributed by atoms with Gasteiger partial charge in [0.15, 0.2) is 5.54 Å². The number of aliphatic imine (C=N–C) groups is 1. The maximum absolute atomic E-state index is 13.5. The molecule has 160 valence electrons. The Morgan fingerprint density at radius 1 is 1.29 bits per heavy atom. The zero-order valence-electron chi connectivity index (χ0n) is 16.6. The van der Waals surface area contributed by atoms with Gasteiger partial charge in [-0.1, -0.05) is 24.3 Å². The van der Waals surface area contributed by atoms with Crippen molar-refractivity contribution in [2.24, 2.45) is 10.9 Å². The van der Waals surface area contributed by atoms with Gasteiger partial charge in [0.1, 0.15) is 5.82 Å². The molecule has 0 bridgehead atoms. The minimum atomic E-state index is -1.18. The molecule has 4 nitrogen and oxygen atoms in total. The summed E-state index contributed by atoms with van der Waals surface area (Å²) in [4.78, 5) is 20.0. The topological polar surface area (TPSA) is 65.4 Å². The van der Waals surface area contributed by atoms with Crippen LogP contribution in [0.2, 0.25) is 0 Å². The van der Waals surface area contributed by atoms with Crippen LogP contribution in [0.1, 0.15) is 5.69 Å². The van der Waals surface area contributed by atoms with Crippen molar-refractivity contribution in [3.05, 3.63) is 71.1 Å². The van der Waals surface area contributed by atoms with Crippen molar-refractivity contribution in [1.29, 1.82) is 0 Å². The highest BCUT2D eigenvalue weighted by atomic mass is 32.2. The van der Waals surface area contributed by atoms with Gasteiger partial charge in [-0.05, 0) is 40.6 Å². The molecule has 3 atom stereocenters. The number of aliphatic carboxylic acids is 1. The van der Waals surface area contributed by atoms with E-state index in [1.54, 1.807) is 17.8 Å². The van der Waals surface area contributed by atoms with Gasteiger partial charge in [-0.3, -0.25) is 4.99 Å². The van der Waals surface area contributed by atoms with Crippen molar-refractivity contribution >= 4 is 57.2 Å². The molecule has 5 rings (SSSR count). The van der Waals surface area contributed by atoms with Crippen LogP contribution in [0.15, 0.2) is 64.5 Å². The second-order valence-corrected chi connectivity index (χ2v) is 11.0. The predicted octanol–water partition coefficient (Wildman–Crippen LogP) is 5.29. The number of rotatable bonds is 7. The van der Waals surface area contributed by atoms with E-state index in [2.05, 4.69) is 39.7 Å². The lowest BCUT2D eigenvalue weighted by atomic mass is 9.94. The maximum Gasteiger partial charge on any atom is 0.332 e. The molecule has 0 saturated heterocycles. The van der Waals surface area contributed by atoms with Gasteiger partial charge in [-0.2, -0.15) is 11.8 Å². The second-order valence-electron chi connectivity index (χ2n) is 7.92. The molecule has 1 aliphatic carbocycles. The second kappa shape index (κ2) is 8.56. The Morgan fingerprint density at radius 3 is 3.03 bits per heavy atom. The lowest BCUT2D eigenvalue weighted by Crippen LogP contribution is -2.39. The summed E-state index contributed by atoms with van der Waals surface area (Å²) in [6.07, 6.45) is 9.00. The molecule has 2 N–H and O–H groups in total. The highest BCUT2D eigenvalue weighted by molar-refractivity contribution is 8.16. The van der Waals surface area contributed by atoms with Gasteiger partial charge >= 0.3 is 5.97 Å². The van der Waals surface area contributed by atoms with Crippen LogP contribution in [-0.4, -0.2) is 49.2 Å². The predicted molar refractivity (Wildman–Crippen MR) is 131 cm³/mol. The number of nitrogens with one attached hydrogen (secondary N) is 1. The Hall–Kier alpha value is -1.90. The molecule has 8 heteroatoms. The molecule has 2 aromatic rings. The van der Waals surface area contributed by atoms with Gasteiger partial charge in [-0.25, -0.2) is 9.18 Å². The average molecular weight is 473 g/mol. The third-order valence-corrected chi connectivity index (χ3v) is 9.31. The van der Waals surface area contributed by atoms with E-state index >= 15 is 0 Å². The van der Waals surface area contributed by atoms with Crippen LogP contribution in [0, 0.1) is 11.7 Å².